The van der Waals surface area contributed by atoms with Crippen molar-refractivity contribution in [3.8, 4) is 0 Å². The maximum atomic E-state index is 11.5. The van der Waals surface area contributed by atoms with Gasteiger partial charge in [0.2, 0.25) is 11.8 Å². The van der Waals surface area contributed by atoms with Crippen LogP contribution in [-0.2, 0) is 9.59 Å². The first kappa shape index (κ1) is 13.9. The fourth-order valence-corrected chi connectivity index (χ4v) is 1.22. The van der Waals surface area contributed by atoms with E-state index < -0.39 is 12.1 Å². The Kier molecular flexibility index (Phi) is 5.93. The van der Waals surface area contributed by atoms with Crippen molar-refractivity contribution in [2.45, 2.75) is 39.3 Å². The summed E-state index contributed by atoms with van der Waals surface area (Å²) in [6, 6.07) is -1.09. The number of rotatable bonds is 5. The van der Waals surface area contributed by atoms with Crippen LogP contribution in [0.5, 0.6) is 0 Å². The third-order valence-corrected chi connectivity index (χ3v) is 2.06. The van der Waals surface area contributed by atoms with Crippen molar-refractivity contribution in [3.05, 3.63) is 0 Å². The zero-order valence-corrected chi connectivity index (χ0v) is 9.83. The molecule has 0 radical (unpaired) electrons. The molecule has 5 heteroatoms. The number of amides is 2. The topological polar surface area (TPSA) is 84.2 Å². The molecule has 2 atom stereocenters. The van der Waals surface area contributed by atoms with Gasteiger partial charge in [-0.25, -0.2) is 0 Å². The normalized spacial score (nSPS) is 14.5. The summed E-state index contributed by atoms with van der Waals surface area (Å²) in [4.78, 5) is 22.6. The summed E-state index contributed by atoms with van der Waals surface area (Å²) < 4.78 is 0. The molecule has 0 aliphatic heterocycles. The predicted molar refractivity (Wildman–Crippen MR) is 59.1 cm³/mol. The van der Waals surface area contributed by atoms with Gasteiger partial charge in [-0.05, 0) is 19.3 Å². The fraction of sp³-hybridized carbons (Fsp3) is 0.800. The molecule has 4 N–H and O–H groups in total. The molecule has 0 fully saturated rings. The Morgan fingerprint density at radius 3 is 2.13 bits per heavy atom. The van der Waals surface area contributed by atoms with Crippen LogP contribution in [0.3, 0.4) is 0 Å². The average Bonchev–Trinajstić information content (AvgIpc) is 2.15. The number of likely N-dealkylation sites (N-methyl/N-ethyl adjacent to an activating group) is 1. The van der Waals surface area contributed by atoms with E-state index in [2.05, 4.69) is 10.6 Å². The number of nitrogens with one attached hydrogen (secondary N) is 2. The van der Waals surface area contributed by atoms with Crippen molar-refractivity contribution in [1.29, 1.82) is 0 Å². The number of carbonyl (C=O) groups is 2. The SMILES string of the molecule is CNC(=O)C(C)NC(=O)[C@@H](N)CC(C)C. The molecule has 15 heavy (non-hydrogen) atoms. The summed E-state index contributed by atoms with van der Waals surface area (Å²) in [5, 5.41) is 5.02. The Bertz CT molecular complexity index is 229. The van der Waals surface area contributed by atoms with Crippen LogP contribution in [0.25, 0.3) is 0 Å². The van der Waals surface area contributed by atoms with Crippen molar-refractivity contribution in [1.82, 2.24) is 10.6 Å². The van der Waals surface area contributed by atoms with Crippen molar-refractivity contribution < 1.29 is 9.59 Å². The van der Waals surface area contributed by atoms with Crippen LogP contribution >= 0.6 is 0 Å². The molecule has 88 valence electrons. The second-order valence-corrected chi connectivity index (χ2v) is 4.08. The van der Waals surface area contributed by atoms with Gasteiger partial charge < -0.3 is 16.4 Å². The quantitative estimate of drug-likeness (QED) is 0.584. The number of carbonyl (C=O) groups excluding carboxylic acids is 2. The van der Waals surface area contributed by atoms with E-state index in [0.717, 1.165) is 0 Å². The van der Waals surface area contributed by atoms with Gasteiger partial charge >= 0.3 is 0 Å². The highest BCUT2D eigenvalue weighted by atomic mass is 16.2. The number of hydrogen-bond acceptors (Lipinski definition) is 3. The first-order chi connectivity index (χ1) is 6.88. The summed E-state index contributed by atoms with van der Waals surface area (Å²) in [6.07, 6.45) is 0.617. The van der Waals surface area contributed by atoms with Gasteiger partial charge in [0.05, 0.1) is 6.04 Å². The molecule has 0 bridgehead atoms. The summed E-state index contributed by atoms with van der Waals surface area (Å²) in [6.45, 7) is 5.61. The molecule has 0 heterocycles. The van der Waals surface area contributed by atoms with Crippen molar-refractivity contribution in [2.24, 2.45) is 11.7 Å². The van der Waals surface area contributed by atoms with Crippen molar-refractivity contribution in [2.75, 3.05) is 7.05 Å². The van der Waals surface area contributed by atoms with Gasteiger partial charge in [0.15, 0.2) is 0 Å². The molecule has 0 aromatic rings. The Balaban J connectivity index is 4.07. The smallest absolute Gasteiger partial charge is 0.242 e. The lowest BCUT2D eigenvalue weighted by Gasteiger charge is -2.17. The Hall–Kier alpha value is -1.10. The molecule has 0 rings (SSSR count). The van der Waals surface area contributed by atoms with Gasteiger partial charge in [-0.3, -0.25) is 9.59 Å². The van der Waals surface area contributed by atoms with Crippen LogP contribution in [0.1, 0.15) is 27.2 Å². The van der Waals surface area contributed by atoms with Crippen LogP contribution in [0.2, 0.25) is 0 Å². The van der Waals surface area contributed by atoms with E-state index in [9.17, 15) is 9.59 Å². The number of nitrogens with two attached hydrogens (primary N) is 1. The first-order valence-electron chi connectivity index (χ1n) is 5.16. The van der Waals surface area contributed by atoms with Gasteiger partial charge in [0.1, 0.15) is 6.04 Å². The lowest BCUT2D eigenvalue weighted by atomic mass is 10.0. The minimum atomic E-state index is -0.544. The maximum absolute atomic E-state index is 11.5. The summed E-state index contributed by atoms with van der Waals surface area (Å²) in [5.74, 6) is -0.138. The minimum Gasteiger partial charge on any atom is -0.357 e. The fourth-order valence-electron chi connectivity index (χ4n) is 1.22. The molecule has 0 aliphatic rings. The molecule has 1 unspecified atom stereocenters. The average molecular weight is 215 g/mol. The largest absolute Gasteiger partial charge is 0.357 e. The third-order valence-electron chi connectivity index (χ3n) is 2.06. The summed E-state index contributed by atoms with van der Waals surface area (Å²) >= 11 is 0. The lowest BCUT2D eigenvalue weighted by Crippen LogP contribution is -2.49. The van der Waals surface area contributed by atoms with E-state index in [4.69, 9.17) is 5.73 Å². The molecule has 0 saturated carbocycles. The predicted octanol–water partition coefficient (Wildman–Crippen LogP) is -0.389. The minimum absolute atomic E-state index is 0.222. The van der Waals surface area contributed by atoms with E-state index in [1.165, 1.54) is 7.05 Å². The van der Waals surface area contributed by atoms with Crippen LogP contribution in [0.15, 0.2) is 0 Å². The van der Waals surface area contributed by atoms with Crippen molar-refractivity contribution >= 4 is 11.8 Å². The van der Waals surface area contributed by atoms with E-state index in [-0.39, 0.29) is 11.8 Å². The van der Waals surface area contributed by atoms with Gasteiger partial charge in [-0.15, -0.1) is 0 Å². The van der Waals surface area contributed by atoms with Crippen LogP contribution in [0.4, 0.5) is 0 Å². The molecule has 0 aliphatic carbocycles. The third kappa shape index (κ3) is 5.37. The Labute approximate surface area is 90.8 Å². The Morgan fingerprint density at radius 2 is 1.73 bits per heavy atom. The first-order valence-corrected chi connectivity index (χ1v) is 5.16. The highest BCUT2D eigenvalue weighted by Gasteiger charge is 2.19. The lowest BCUT2D eigenvalue weighted by molar-refractivity contribution is -0.129. The van der Waals surface area contributed by atoms with E-state index in [0.29, 0.717) is 12.3 Å². The highest BCUT2D eigenvalue weighted by Crippen LogP contribution is 2.02. The zero-order valence-electron chi connectivity index (χ0n) is 9.83. The monoisotopic (exact) mass is 215 g/mol. The molecule has 0 saturated heterocycles. The molecule has 0 aromatic heterocycles. The van der Waals surface area contributed by atoms with Gasteiger partial charge in [-0.2, -0.15) is 0 Å². The van der Waals surface area contributed by atoms with Crippen LogP contribution in [-0.4, -0.2) is 30.9 Å². The van der Waals surface area contributed by atoms with Crippen LogP contribution in [0, 0.1) is 5.92 Å². The van der Waals surface area contributed by atoms with E-state index in [1.807, 2.05) is 13.8 Å². The van der Waals surface area contributed by atoms with Gasteiger partial charge in [0.25, 0.3) is 0 Å². The standard InChI is InChI=1S/C10H21N3O2/c1-6(2)5-8(11)10(15)13-7(3)9(14)12-4/h6-8H,5,11H2,1-4H3,(H,12,14)(H,13,15)/t7?,8-/m0/s1. The second-order valence-electron chi connectivity index (χ2n) is 4.08. The van der Waals surface area contributed by atoms with E-state index in [1.54, 1.807) is 6.92 Å². The molecular weight excluding hydrogens is 194 g/mol. The van der Waals surface area contributed by atoms with Gasteiger partial charge in [0, 0.05) is 7.05 Å². The Morgan fingerprint density at radius 1 is 1.20 bits per heavy atom. The van der Waals surface area contributed by atoms with Gasteiger partial charge in [-0.1, -0.05) is 13.8 Å². The summed E-state index contributed by atoms with van der Waals surface area (Å²) in [5.41, 5.74) is 5.66. The highest BCUT2D eigenvalue weighted by molar-refractivity contribution is 5.89. The maximum Gasteiger partial charge on any atom is 0.242 e. The zero-order chi connectivity index (χ0) is 12.0. The molecule has 0 spiro atoms. The number of hydrogen-bond donors (Lipinski definition) is 3. The molecule has 0 aromatic carbocycles. The second kappa shape index (κ2) is 6.40. The molecule has 2 amide bonds. The van der Waals surface area contributed by atoms with E-state index >= 15 is 0 Å². The molecular formula is C10H21N3O2. The summed E-state index contributed by atoms with van der Waals surface area (Å²) in [7, 11) is 1.53. The molecule has 5 nitrogen and oxygen atoms in total. The van der Waals surface area contributed by atoms with Crippen molar-refractivity contribution in [3.63, 3.8) is 0 Å². The van der Waals surface area contributed by atoms with Crippen LogP contribution < -0.4 is 16.4 Å².